The molecule has 30 heavy (non-hydrogen) atoms. The largest absolute Gasteiger partial charge is 0.394 e. The van der Waals surface area contributed by atoms with E-state index < -0.39 is 0 Å². The Kier molecular flexibility index (Phi) is 5.63. The zero-order chi connectivity index (χ0) is 21.1. The van der Waals surface area contributed by atoms with Crippen molar-refractivity contribution in [2.45, 2.75) is 32.9 Å². The van der Waals surface area contributed by atoms with Crippen molar-refractivity contribution in [3.63, 3.8) is 0 Å². The summed E-state index contributed by atoms with van der Waals surface area (Å²) in [4.78, 5) is 14.0. The van der Waals surface area contributed by atoms with Crippen LogP contribution in [0.3, 0.4) is 0 Å². The van der Waals surface area contributed by atoms with Gasteiger partial charge in [-0.1, -0.05) is 42.5 Å². The second-order valence-electron chi connectivity index (χ2n) is 7.60. The molecule has 0 aliphatic rings. The van der Waals surface area contributed by atoms with Crippen molar-refractivity contribution >= 4 is 28.6 Å². The number of aryl methyl sites for hydroxylation is 1. The summed E-state index contributed by atoms with van der Waals surface area (Å²) in [5, 5.41) is 16.6. The fourth-order valence-corrected chi connectivity index (χ4v) is 3.38. The van der Waals surface area contributed by atoms with E-state index in [2.05, 4.69) is 35.5 Å². The van der Waals surface area contributed by atoms with Gasteiger partial charge in [-0.2, -0.15) is 9.97 Å². The molecular weight excluding hydrogens is 376 g/mol. The number of aliphatic hydroxyl groups is 1. The number of hydrogen-bond donors (Lipinski definition) is 3. The predicted molar refractivity (Wildman–Crippen MR) is 120 cm³/mol. The molecule has 2 heterocycles. The molecule has 0 aliphatic heterocycles. The molecule has 0 saturated carbocycles. The highest BCUT2D eigenvalue weighted by Gasteiger charge is 2.18. The maximum absolute atomic E-state index is 9.94. The molecule has 7 heteroatoms. The van der Waals surface area contributed by atoms with Gasteiger partial charge in [0, 0.05) is 11.7 Å². The van der Waals surface area contributed by atoms with Gasteiger partial charge in [0.15, 0.2) is 17.0 Å². The van der Waals surface area contributed by atoms with Crippen molar-refractivity contribution in [2.24, 2.45) is 0 Å². The number of aliphatic hydroxyl groups excluding tert-OH is 1. The van der Waals surface area contributed by atoms with Gasteiger partial charge in [0.05, 0.1) is 19.0 Å². The Morgan fingerprint density at radius 1 is 1.03 bits per heavy atom. The summed E-state index contributed by atoms with van der Waals surface area (Å²) in [7, 11) is 0. The Hall–Kier alpha value is -3.45. The smallest absolute Gasteiger partial charge is 0.227 e. The Labute approximate surface area is 175 Å². The van der Waals surface area contributed by atoms with Crippen molar-refractivity contribution in [2.75, 3.05) is 17.2 Å². The molecule has 1 atom stereocenters. The van der Waals surface area contributed by atoms with Crippen LogP contribution in [0.15, 0.2) is 60.9 Å². The second kappa shape index (κ2) is 8.51. The first kappa shape index (κ1) is 19.8. The van der Waals surface area contributed by atoms with Gasteiger partial charge in [0.1, 0.15) is 0 Å². The lowest BCUT2D eigenvalue weighted by molar-refractivity contribution is 0.276. The van der Waals surface area contributed by atoms with Crippen LogP contribution < -0.4 is 10.6 Å². The van der Waals surface area contributed by atoms with Gasteiger partial charge in [-0.3, -0.25) is 0 Å². The van der Waals surface area contributed by atoms with Gasteiger partial charge in [-0.15, -0.1) is 0 Å². The van der Waals surface area contributed by atoms with Gasteiger partial charge in [0.2, 0.25) is 5.95 Å². The molecule has 0 saturated heterocycles. The van der Waals surface area contributed by atoms with Gasteiger partial charge in [-0.05, 0) is 44.0 Å². The normalized spacial score (nSPS) is 12.3. The number of fused-ring (bicyclic) bond motifs is 1. The monoisotopic (exact) mass is 402 g/mol. The molecule has 0 bridgehead atoms. The number of benzene rings is 2. The summed E-state index contributed by atoms with van der Waals surface area (Å²) < 4.78 is 2.01. The molecule has 0 amide bonds. The molecule has 0 unspecified atom stereocenters. The fourth-order valence-electron chi connectivity index (χ4n) is 3.38. The van der Waals surface area contributed by atoms with E-state index in [1.54, 1.807) is 6.33 Å². The van der Waals surface area contributed by atoms with E-state index in [0.717, 1.165) is 22.5 Å². The predicted octanol–water partition coefficient (Wildman–Crippen LogP) is 4.60. The zero-order valence-corrected chi connectivity index (χ0v) is 17.4. The Morgan fingerprint density at radius 3 is 2.53 bits per heavy atom. The molecule has 154 valence electrons. The van der Waals surface area contributed by atoms with Crippen molar-refractivity contribution in [3.05, 3.63) is 72.1 Å². The van der Waals surface area contributed by atoms with Crippen molar-refractivity contribution in [1.82, 2.24) is 19.5 Å². The van der Waals surface area contributed by atoms with Crippen LogP contribution in [-0.2, 0) is 0 Å². The summed E-state index contributed by atoms with van der Waals surface area (Å²) in [5.74, 6) is 1.06. The summed E-state index contributed by atoms with van der Waals surface area (Å²) in [6, 6.07) is 17.8. The first-order valence-electron chi connectivity index (χ1n) is 10.1. The van der Waals surface area contributed by atoms with E-state index in [-0.39, 0.29) is 18.7 Å². The quantitative estimate of drug-likeness (QED) is 0.419. The van der Waals surface area contributed by atoms with E-state index in [1.165, 1.54) is 0 Å². The average molecular weight is 403 g/mol. The number of imidazole rings is 1. The van der Waals surface area contributed by atoms with Crippen molar-refractivity contribution < 1.29 is 5.11 Å². The maximum Gasteiger partial charge on any atom is 0.227 e. The number of nitrogens with one attached hydrogen (secondary N) is 2. The van der Waals surface area contributed by atoms with Crippen LogP contribution >= 0.6 is 0 Å². The minimum atomic E-state index is -0.314. The third kappa shape index (κ3) is 4.11. The molecule has 0 radical (unpaired) electrons. The number of aromatic nitrogens is 4. The fraction of sp³-hybridized carbons (Fsp3) is 0.261. The van der Waals surface area contributed by atoms with Crippen LogP contribution in [-0.4, -0.2) is 31.2 Å². The third-order valence-electron chi connectivity index (χ3n) is 4.95. The molecular formula is C23H26N6O. The number of rotatable bonds is 7. The molecule has 2 aromatic heterocycles. The average Bonchev–Trinajstić information content (AvgIpc) is 3.17. The van der Waals surface area contributed by atoms with Crippen LogP contribution in [0.25, 0.3) is 11.2 Å². The van der Waals surface area contributed by atoms with E-state index in [1.807, 2.05) is 60.0 Å². The number of nitrogens with zero attached hydrogens (tertiary/aromatic N) is 4. The van der Waals surface area contributed by atoms with Crippen LogP contribution in [0.2, 0.25) is 0 Å². The number of hydrogen-bond acceptors (Lipinski definition) is 6. The summed E-state index contributed by atoms with van der Waals surface area (Å²) >= 11 is 0. The molecule has 0 fully saturated rings. The van der Waals surface area contributed by atoms with Gasteiger partial charge in [0.25, 0.3) is 0 Å². The van der Waals surface area contributed by atoms with Crippen LogP contribution in [0.4, 0.5) is 17.5 Å². The minimum Gasteiger partial charge on any atom is -0.394 e. The first-order valence-corrected chi connectivity index (χ1v) is 10.1. The molecule has 3 N–H and O–H groups in total. The highest BCUT2D eigenvalue weighted by atomic mass is 16.3. The van der Waals surface area contributed by atoms with Gasteiger partial charge < -0.3 is 20.3 Å². The Morgan fingerprint density at radius 2 is 1.83 bits per heavy atom. The SMILES string of the molecule is Cc1cccc(Nc2nc(N[C@H](CO)c3ccccc3)nc3c2ncn3C(C)C)c1. The van der Waals surface area contributed by atoms with Crippen molar-refractivity contribution in [3.8, 4) is 0 Å². The van der Waals surface area contributed by atoms with Crippen LogP contribution in [0, 0.1) is 6.92 Å². The lowest BCUT2D eigenvalue weighted by Gasteiger charge is -2.18. The van der Waals surface area contributed by atoms with Crippen LogP contribution in [0.1, 0.15) is 37.1 Å². The van der Waals surface area contributed by atoms with Crippen LogP contribution in [0.5, 0.6) is 0 Å². The summed E-state index contributed by atoms with van der Waals surface area (Å²) in [5.41, 5.74) is 4.50. The Balaban J connectivity index is 1.76. The number of anilines is 3. The highest BCUT2D eigenvalue weighted by Crippen LogP contribution is 2.27. The molecule has 0 aliphatic carbocycles. The standard InChI is InChI=1S/C23H26N6O/c1-15(2)29-14-24-20-21(25-18-11-7-8-16(3)12-18)27-23(28-22(20)29)26-19(13-30)17-9-5-4-6-10-17/h4-12,14-15,19,30H,13H2,1-3H3,(H2,25,26,27,28)/t19-/m1/s1. The minimum absolute atomic E-state index is 0.0739. The van der Waals surface area contributed by atoms with Gasteiger partial charge >= 0.3 is 0 Å². The highest BCUT2D eigenvalue weighted by molar-refractivity contribution is 5.86. The lowest BCUT2D eigenvalue weighted by Crippen LogP contribution is -2.17. The van der Waals surface area contributed by atoms with E-state index in [4.69, 9.17) is 9.97 Å². The molecule has 0 spiro atoms. The summed E-state index contributed by atoms with van der Waals surface area (Å²) in [6.45, 7) is 6.15. The topological polar surface area (TPSA) is 87.9 Å². The van der Waals surface area contributed by atoms with E-state index >= 15 is 0 Å². The Bertz CT molecular complexity index is 1140. The zero-order valence-electron chi connectivity index (χ0n) is 17.4. The second-order valence-corrected chi connectivity index (χ2v) is 7.60. The summed E-state index contributed by atoms with van der Waals surface area (Å²) in [6.07, 6.45) is 1.79. The maximum atomic E-state index is 9.94. The van der Waals surface area contributed by atoms with E-state index in [0.29, 0.717) is 17.3 Å². The third-order valence-corrected chi connectivity index (χ3v) is 4.95. The first-order chi connectivity index (χ1) is 14.5. The van der Waals surface area contributed by atoms with E-state index in [9.17, 15) is 5.11 Å². The lowest BCUT2D eigenvalue weighted by atomic mass is 10.1. The molecule has 4 rings (SSSR count). The molecule has 2 aromatic carbocycles. The molecule has 4 aromatic rings. The molecule has 7 nitrogen and oxygen atoms in total. The van der Waals surface area contributed by atoms with Gasteiger partial charge in [-0.25, -0.2) is 4.98 Å². The van der Waals surface area contributed by atoms with Crippen molar-refractivity contribution in [1.29, 1.82) is 0 Å².